The van der Waals surface area contributed by atoms with Gasteiger partial charge in [0.1, 0.15) is 17.1 Å². The maximum absolute atomic E-state index is 12.8. The molecule has 1 saturated heterocycles. The molecule has 0 aliphatic carbocycles. The number of hydrogen-bond donors (Lipinski definition) is 2. The van der Waals surface area contributed by atoms with Gasteiger partial charge in [-0.05, 0) is 37.1 Å². The van der Waals surface area contributed by atoms with E-state index in [0.717, 1.165) is 0 Å². The Hall–Kier alpha value is -3.55. The number of carbonyl (C=O) groups is 3. The summed E-state index contributed by atoms with van der Waals surface area (Å²) in [4.78, 5) is 39.0. The fourth-order valence-corrected chi connectivity index (χ4v) is 3.57. The number of piperidine rings is 1. The van der Waals surface area contributed by atoms with Crippen molar-refractivity contribution in [3.8, 4) is 11.5 Å². The molecule has 31 heavy (non-hydrogen) atoms. The van der Waals surface area contributed by atoms with Crippen molar-refractivity contribution in [2.45, 2.75) is 18.9 Å². The average molecular weight is 425 g/mol. The van der Waals surface area contributed by atoms with E-state index < -0.39 is 0 Å². The summed E-state index contributed by atoms with van der Waals surface area (Å²) in [6.07, 6.45) is 1.25. The van der Waals surface area contributed by atoms with Gasteiger partial charge in [0.25, 0.3) is 11.8 Å². The number of carbonyl (C=O) groups excluding carboxylic acids is 3. The number of ether oxygens (including phenoxy) is 2. The largest absolute Gasteiger partial charge is 0.496 e. The van der Waals surface area contributed by atoms with Crippen molar-refractivity contribution in [2.75, 3.05) is 33.9 Å². The van der Waals surface area contributed by atoms with Gasteiger partial charge in [-0.1, -0.05) is 24.3 Å². The van der Waals surface area contributed by atoms with E-state index >= 15 is 0 Å². The van der Waals surface area contributed by atoms with E-state index in [-0.39, 0.29) is 30.3 Å². The number of benzene rings is 2. The van der Waals surface area contributed by atoms with E-state index in [9.17, 15) is 14.4 Å². The molecule has 1 aliphatic heterocycles. The van der Waals surface area contributed by atoms with Crippen molar-refractivity contribution in [3.63, 3.8) is 0 Å². The highest BCUT2D eigenvalue weighted by Crippen LogP contribution is 2.28. The third kappa shape index (κ3) is 5.53. The lowest BCUT2D eigenvalue weighted by atomic mass is 10.0. The lowest BCUT2D eigenvalue weighted by molar-refractivity contribution is -0.131. The maximum atomic E-state index is 12.8. The van der Waals surface area contributed by atoms with Gasteiger partial charge in [0.15, 0.2) is 0 Å². The molecule has 164 valence electrons. The molecule has 0 bridgehead atoms. The molecule has 0 atom stereocenters. The second-order valence-electron chi connectivity index (χ2n) is 7.21. The van der Waals surface area contributed by atoms with Crippen LogP contribution in [0.1, 0.15) is 33.6 Å². The molecule has 1 aliphatic rings. The monoisotopic (exact) mass is 425 g/mol. The summed E-state index contributed by atoms with van der Waals surface area (Å²) in [6, 6.07) is 13.9. The molecule has 0 unspecified atom stereocenters. The van der Waals surface area contributed by atoms with Crippen LogP contribution in [0, 0.1) is 0 Å². The van der Waals surface area contributed by atoms with Gasteiger partial charge >= 0.3 is 0 Å². The number of nitrogens with one attached hydrogen (secondary N) is 2. The molecule has 0 aromatic heterocycles. The highest BCUT2D eigenvalue weighted by molar-refractivity contribution is 6.00. The number of rotatable bonds is 7. The summed E-state index contributed by atoms with van der Waals surface area (Å²) in [5, 5.41) is 5.67. The normalized spacial score (nSPS) is 13.9. The van der Waals surface area contributed by atoms with Crippen LogP contribution in [0.15, 0.2) is 48.5 Å². The highest BCUT2D eigenvalue weighted by atomic mass is 16.5. The number of amides is 3. The molecule has 8 nitrogen and oxygen atoms in total. The second kappa shape index (κ2) is 10.5. The van der Waals surface area contributed by atoms with Gasteiger partial charge in [-0.2, -0.15) is 0 Å². The first-order valence-electron chi connectivity index (χ1n) is 10.2. The molecule has 2 aromatic rings. The topological polar surface area (TPSA) is 97.0 Å². The zero-order valence-corrected chi connectivity index (χ0v) is 17.7. The molecule has 2 aromatic carbocycles. The van der Waals surface area contributed by atoms with Gasteiger partial charge in [0.05, 0.1) is 20.8 Å². The second-order valence-corrected chi connectivity index (χ2v) is 7.21. The van der Waals surface area contributed by atoms with Crippen LogP contribution in [0.2, 0.25) is 0 Å². The van der Waals surface area contributed by atoms with E-state index in [0.29, 0.717) is 48.6 Å². The van der Waals surface area contributed by atoms with Crippen molar-refractivity contribution < 1.29 is 23.9 Å². The minimum Gasteiger partial charge on any atom is -0.496 e. The molecule has 3 amide bonds. The quantitative estimate of drug-likeness (QED) is 0.706. The minimum absolute atomic E-state index is 0.0524. The van der Waals surface area contributed by atoms with Crippen molar-refractivity contribution in [1.29, 1.82) is 0 Å². The number of likely N-dealkylation sites (tertiary alicyclic amines) is 1. The van der Waals surface area contributed by atoms with Crippen molar-refractivity contribution in [2.24, 2.45) is 0 Å². The predicted molar refractivity (Wildman–Crippen MR) is 115 cm³/mol. The highest BCUT2D eigenvalue weighted by Gasteiger charge is 2.26. The van der Waals surface area contributed by atoms with Crippen molar-refractivity contribution in [3.05, 3.63) is 59.7 Å². The minimum atomic E-state index is -0.276. The average Bonchev–Trinajstić information content (AvgIpc) is 2.82. The van der Waals surface area contributed by atoms with Gasteiger partial charge in [-0.15, -0.1) is 0 Å². The smallest absolute Gasteiger partial charge is 0.259 e. The first-order valence-corrected chi connectivity index (χ1v) is 10.2. The first-order chi connectivity index (χ1) is 15.0. The Balaban J connectivity index is 1.49. The summed E-state index contributed by atoms with van der Waals surface area (Å²) >= 11 is 0. The third-order valence-corrected chi connectivity index (χ3v) is 5.27. The summed E-state index contributed by atoms with van der Waals surface area (Å²) in [5.74, 6) is 0.203. The van der Waals surface area contributed by atoms with Crippen LogP contribution in [-0.2, 0) is 4.79 Å². The Labute approximate surface area is 181 Å². The van der Waals surface area contributed by atoms with Crippen LogP contribution in [-0.4, -0.2) is 62.5 Å². The number of hydrogen-bond acceptors (Lipinski definition) is 5. The van der Waals surface area contributed by atoms with Crippen LogP contribution >= 0.6 is 0 Å². The standard InChI is InChI=1S/C23H27N3O5/c1-30-18-9-6-10-19(31-2)21(18)23(29)25-17-11-13-26(14-12-17)20(27)15-24-22(28)16-7-4-3-5-8-16/h3-10,17H,11-15H2,1-2H3,(H,24,28)(H,25,29). The molecule has 1 fully saturated rings. The van der Waals surface area contributed by atoms with Gasteiger partial charge in [-0.3, -0.25) is 14.4 Å². The Bertz CT molecular complexity index is 902. The predicted octanol–water partition coefficient (Wildman–Crippen LogP) is 1.85. The Morgan fingerprint density at radius 3 is 2.10 bits per heavy atom. The molecular weight excluding hydrogens is 398 g/mol. The summed E-state index contributed by atoms with van der Waals surface area (Å²) in [7, 11) is 3.01. The van der Waals surface area contributed by atoms with Gasteiger partial charge in [0, 0.05) is 24.7 Å². The molecular formula is C23H27N3O5. The van der Waals surface area contributed by atoms with E-state index in [2.05, 4.69) is 10.6 Å². The summed E-state index contributed by atoms with van der Waals surface area (Å²) < 4.78 is 10.6. The third-order valence-electron chi connectivity index (χ3n) is 5.27. The van der Waals surface area contributed by atoms with Crippen LogP contribution in [0.25, 0.3) is 0 Å². The lowest BCUT2D eigenvalue weighted by Crippen LogP contribution is -2.49. The van der Waals surface area contributed by atoms with Crippen LogP contribution in [0.5, 0.6) is 11.5 Å². The molecule has 0 spiro atoms. The Kier molecular flexibility index (Phi) is 7.48. The van der Waals surface area contributed by atoms with Crippen molar-refractivity contribution >= 4 is 17.7 Å². The van der Waals surface area contributed by atoms with Crippen LogP contribution < -0.4 is 20.1 Å². The molecule has 0 saturated carbocycles. The zero-order valence-electron chi connectivity index (χ0n) is 17.7. The number of nitrogens with zero attached hydrogens (tertiary/aromatic N) is 1. The van der Waals surface area contributed by atoms with Gasteiger partial charge < -0.3 is 25.0 Å². The van der Waals surface area contributed by atoms with Crippen molar-refractivity contribution in [1.82, 2.24) is 15.5 Å². The molecule has 0 radical (unpaired) electrons. The SMILES string of the molecule is COc1cccc(OC)c1C(=O)NC1CCN(C(=O)CNC(=O)c2ccccc2)CC1. The fourth-order valence-electron chi connectivity index (χ4n) is 3.57. The maximum Gasteiger partial charge on any atom is 0.259 e. The Morgan fingerprint density at radius 2 is 1.52 bits per heavy atom. The summed E-state index contributed by atoms with van der Waals surface area (Å²) in [6.45, 7) is 0.964. The summed E-state index contributed by atoms with van der Waals surface area (Å²) in [5.41, 5.74) is 0.873. The van der Waals surface area contributed by atoms with E-state index in [1.807, 2.05) is 6.07 Å². The number of methoxy groups -OCH3 is 2. The molecule has 2 N–H and O–H groups in total. The zero-order chi connectivity index (χ0) is 22.2. The van der Waals surface area contributed by atoms with E-state index in [4.69, 9.17) is 9.47 Å². The van der Waals surface area contributed by atoms with Gasteiger partial charge in [0.2, 0.25) is 5.91 Å². The molecule has 1 heterocycles. The van der Waals surface area contributed by atoms with Crippen LogP contribution in [0.3, 0.4) is 0 Å². The molecule has 3 rings (SSSR count). The first kappa shape index (κ1) is 22.1. The van der Waals surface area contributed by atoms with E-state index in [1.54, 1.807) is 47.4 Å². The molecule has 8 heteroatoms. The fraction of sp³-hybridized carbons (Fsp3) is 0.348. The van der Waals surface area contributed by atoms with E-state index in [1.165, 1.54) is 14.2 Å². The Morgan fingerprint density at radius 1 is 0.903 bits per heavy atom. The van der Waals surface area contributed by atoms with Crippen LogP contribution in [0.4, 0.5) is 0 Å². The van der Waals surface area contributed by atoms with Gasteiger partial charge in [-0.25, -0.2) is 0 Å². The lowest BCUT2D eigenvalue weighted by Gasteiger charge is -2.32.